The second-order valence-electron chi connectivity index (χ2n) is 8.07. The van der Waals surface area contributed by atoms with Crippen molar-refractivity contribution in [2.75, 3.05) is 5.75 Å². The number of halogens is 1. The van der Waals surface area contributed by atoms with E-state index >= 15 is 0 Å². The number of hydrogen-bond donors (Lipinski definition) is 1. The van der Waals surface area contributed by atoms with Crippen molar-refractivity contribution < 1.29 is 14.0 Å². The van der Waals surface area contributed by atoms with Crippen molar-refractivity contribution in [1.82, 2.24) is 10.2 Å². The highest BCUT2D eigenvalue weighted by Crippen LogP contribution is 2.20. The van der Waals surface area contributed by atoms with Crippen molar-refractivity contribution >= 4 is 23.6 Å². The minimum absolute atomic E-state index is 0.0914. The first-order valence-corrected chi connectivity index (χ1v) is 12.1. The van der Waals surface area contributed by atoms with Crippen LogP contribution >= 0.6 is 11.8 Å². The third kappa shape index (κ3) is 7.10. The van der Waals surface area contributed by atoms with Gasteiger partial charge in [0.25, 0.3) is 0 Å². The van der Waals surface area contributed by atoms with E-state index in [4.69, 9.17) is 0 Å². The quantitative estimate of drug-likeness (QED) is 0.531. The number of amides is 2. The van der Waals surface area contributed by atoms with Crippen LogP contribution in [0, 0.1) is 5.82 Å². The van der Waals surface area contributed by atoms with E-state index in [0.29, 0.717) is 17.7 Å². The summed E-state index contributed by atoms with van der Waals surface area (Å²) >= 11 is 1.69. The zero-order valence-electron chi connectivity index (χ0n) is 18.1. The van der Waals surface area contributed by atoms with E-state index in [1.165, 1.54) is 16.5 Å². The summed E-state index contributed by atoms with van der Waals surface area (Å²) in [4.78, 5) is 27.4. The molecule has 1 aliphatic carbocycles. The molecule has 1 N–H and O–H groups in total. The maximum atomic E-state index is 14.3. The fourth-order valence-corrected chi connectivity index (χ4v) is 4.74. The second-order valence-corrected chi connectivity index (χ2v) is 9.17. The van der Waals surface area contributed by atoms with Gasteiger partial charge in [0.05, 0.1) is 0 Å². The molecule has 0 aromatic heterocycles. The standard InChI is InChI=1S/C25H31FN2O2S/c1-19(25(30)27-22-12-6-7-13-22)28(17-21-11-5-8-14-23(21)26)24(29)15-16-31-18-20-9-3-2-4-10-20/h2-5,8-11,14,19,22H,6-7,12-13,15-18H2,1H3,(H,27,30)/t19-/m0/s1. The minimum atomic E-state index is -0.646. The van der Waals surface area contributed by atoms with Crippen LogP contribution in [0.3, 0.4) is 0 Å². The molecular weight excluding hydrogens is 411 g/mol. The minimum Gasteiger partial charge on any atom is -0.352 e. The smallest absolute Gasteiger partial charge is 0.242 e. The van der Waals surface area contributed by atoms with E-state index in [1.54, 1.807) is 36.9 Å². The van der Waals surface area contributed by atoms with Crippen molar-refractivity contribution in [2.45, 2.75) is 63.4 Å². The van der Waals surface area contributed by atoms with E-state index in [0.717, 1.165) is 31.4 Å². The van der Waals surface area contributed by atoms with Gasteiger partial charge in [-0.1, -0.05) is 61.4 Å². The number of hydrogen-bond acceptors (Lipinski definition) is 3. The Balaban J connectivity index is 1.61. The first kappa shape index (κ1) is 23.3. The summed E-state index contributed by atoms with van der Waals surface area (Å²) in [7, 11) is 0. The van der Waals surface area contributed by atoms with Crippen molar-refractivity contribution in [3.8, 4) is 0 Å². The van der Waals surface area contributed by atoms with Gasteiger partial charge in [0.2, 0.25) is 11.8 Å². The van der Waals surface area contributed by atoms with Gasteiger partial charge in [-0.15, -0.1) is 0 Å². The fourth-order valence-electron chi connectivity index (χ4n) is 3.85. The third-order valence-corrected chi connectivity index (χ3v) is 6.77. The van der Waals surface area contributed by atoms with Gasteiger partial charge in [-0.05, 0) is 31.4 Å². The molecule has 0 saturated heterocycles. The molecule has 1 aliphatic rings. The lowest BCUT2D eigenvalue weighted by Crippen LogP contribution is -2.49. The van der Waals surface area contributed by atoms with Gasteiger partial charge < -0.3 is 10.2 Å². The van der Waals surface area contributed by atoms with Crippen LogP contribution in [0.4, 0.5) is 4.39 Å². The number of benzene rings is 2. The summed E-state index contributed by atoms with van der Waals surface area (Å²) in [6.07, 6.45) is 4.52. The van der Waals surface area contributed by atoms with Crippen LogP contribution in [0.5, 0.6) is 0 Å². The second kappa shape index (κ2) is 11.9. The predicted octanol–water partition coefficient (Wildman–Crippen LogP) is 4.93. The Hall–Kier alpha value is -2.34. The zero-order chi connectivity index (χ0) is 22.1. The maximum Gasteiger partial charge on any atom is 0.242 e. The number of rotatable bonds is 10. The molecule has 0 radical (unpaired) electrons. The summed E-state index contributed by atoms with van der Waals surface area (Å²) in [6, 6.07) is 16.1. The number of nitrogens with one attached hydrogen (secondary N) is 1. The Bertz CT molecular complexity index is 856. The van der Waals surface area contributed by atoms with Gasteiger partial charge in [0, 0.05) is 36.1 Å². The molecule has 0 heterocycles. The molecule has 0 bridgehead atoms. The average molecular weight is 443 g/mol. The molecule has 6 heteroatoms. The van der Waals surface area contributed by atoms with Crippen LogP contribution in [0.1, 0.15) is 50.2 Å². The molecule has 0 aliphatic heterocycles. The molecule has 1 saturated carbocycles. The van der Waals surface area contributed by atoms with Gasteiger partial charge in [-0.2, -0.15) is 11.8 Å². The predicted molar refractivity (Wildman–Crippen MR) is 124 cm³/mol. The molecular formula is C25H31FN2O2S. The third-order valence-electron chi connectivity index (χ3n) is 5.74. The van der Waals surface area contributed by atoms with Crippen LogP contribution in [-0.4, -0.2) is 34.6 Å². The highest BCUT2D eigenvalue weighted by Gasteiger charge is 2.28. The highest BCUT2D eigenvalue weighted by atomic mass is 32.2. The molecule has 2 aromatic carbocycles. The van der Waals surface area contributed by atoms with Gasteiger partial charge in [0.1, 0.15) is 11.9 Å². The lowest BCUT2D eigenvalue weighted by molar-refractivity contribution is -0.140. The summed E-state index contributed by atoms with van der Waals surface area (Å²) in [5.41, 5.74) is 1.64. The normalized spacial score (nSPS) is 14.9. The van der Waals surface area contributed by atoms with E-state index < -0.39 is 6.04 Å². The monoisotopic (exact) mass is 442 g/mol. The summed E-state index contributed by atoms with van der Waals surface area (Å²) < 4.78 is 14.3. The molecule has 0 unspecified atom stereocenters. The van der Waals surface area contributed by atoms with Gasteiger partial charge in [-0.25, -0.2) is 4.39 Å². The van der Waals surface area contributed by atoms with Crippen molar-refractivity contribution in [3.63, 3.8) is 0 Å². The number of thioether (sulfide) groups is 1. The molecule has 4 nitrogen and oxygen atoms in total. The first-order chi connectivity index (χ1) is 15.0. The molecule has 1 atom stereocenters. The van der Waals surface area contributed by atoms with Gasteiger partial charge in [0.15, 0.2) is 0 Å². The molecule has 1 fully saturated rings. The van der Waals surface area contributed by atoms with Crippen LogP contribution in [0.25, 0.3) is 0 Å². The van der Waals surface area contributed by atoms with Crippen LogP contribution < -0.4 is 5.32 Å². The SMILES string of the molecule is C[C@@H](C(=O)NC1CCCC1)N(Cc1ccccc1F)C(=O)CCSCc1ccccc1. The number of nitrogens with zero attached hydrogens (tertiary/aromatic N) is 1. The van der Waals surface area contributed by atoms with E-state index in [9.17, 15) is 14.0 Å². The van der Waals surface area contributed by atoms with E-state index in [-0.39, 0.29) is 30.2 Å². The molecule has 2 aromatic rings. The summed E-state index contributed by atoms with van der Waals surface area (Å²) in [5.74, 6) is 0.839. The highest BCUT2D eigenvalue weighted by molar-refractivity contribution is 7.98. The lowest BCUT2D eigenvalue weighted by Gasteiger charge is -2.30. The summed E-state index contributed by atoms with van der Waals surface area (Å²) in [5, 5.41) is 3.07. The Morgan fingerprint density at radius 1 is 1.10 bits per heavy atom. The van der Waals surface area contributed by atoms with Crippen LogP contribution in [0.15, 0.2) is 54.6 Å². The van der Waals surface area contributed by atoms with Crippen LogP contribution in [0.2, 0.25) is 0 Å². The molecule has 0 spiro atoms. The lowest BCUT2D eigenvalue weighted by atomic mass is 10.1. The number of carbonyl (C=O) groups excluding carboxylic acids is 2. The molecule has 31 heavy (non-hydrogen) atoms. The molecule has 166 valence electrons. The topological polar surface area (TPSA) is 49.4 Å². The fraction of sp³-hybridized carbons (Fsp3) is 0.440. The van der Waals surface area contributed by atoms with Crippen molar-refractivity contribution in [1.29, 1.82) is 0 Å². The molecule has 2 amide bonds. The number of carbonyl (C=O) groups is 2. The maximum absolute atomic E-state index is 14.3. The molecule has 3 rings (SSSR count). The van der Waals surface area contributed by atoms with Gasteiger partial charge in [-0.3, -0.25) is 9.59 Å². The van der Waals surface area contributed by atoms with Gasteiger partial charge >= 0.3 is 0 Å². The van der Waals surface area contributed by atoms with E-state index in [2.05, 4.69) is 17.4 Å². The Morgan fingerprint density at radius 2 is 1.77 bits per heavy atom. The first-order valence-electron chi connectivity index (χ1n) is 11.0. The average Bonchev–Trinajstić information content (AvgIpc) is 3.29. The van der Waals surface area contributed by atoms with E-state index in [1.807, 2.05) is 18.2 Å². The van der Waals surface area contributed by atoms with Crippen molar-refractivity contribution in [2.24, 2.45) is 0 Å². The largest absolute Gasteiger partial charge is 0.352 e. The van der Waals surface area contributed by atoms with Crippen LogP contribution in [-0.2, 0) is 21.9 Å². The Morgan fingerprint density at radius 3 is 2.48 bits per heavy atom. The Labute approximate surface area is 188 Å². The Kier molecular flexibility index (Phi) is 8.95. The summed E-state index contributed by atoms with van der Waals surface area (Å²) in [6.45, 7) is 1.83. The van der Waals surface area contributed by atoms with Crippen molar-refractivity contribution in [3.05, 3.63) is 71.5 Å². The zero-order valence-corrected chi connectivity index (χ0v) is 18.9.